The molecule has 3 heterocycles. The Labute approximate surface area is 171 Å². The molecule has 0 amide bonds. The summed E-state index contributed by atoms with van der Waals surface area (Å²) in [5.41, 5.74) is 1.57. The zero-order valence-electron chi connectivity index (χ0n) is 15.6. The van der Waals surface area contributed by atoms with Crippen molar-refractivity contribution in [2.75, 3.05) is 18.0 Å². The minimum Gasteiger partial charge on any atom is -0.479 e. The number of anilines is 1. The molecule has 1 aromatic heterocycles. The third-order valence-corrected chi connectivity index (χ3v) is 5.98. The summed E-state index contributed by atoms with van der Waals surface area (Å²) < 4.78 is 8.26. The molecule has 1 saturated heterocycles. The summed E-state index contributed by atoms with van der Waals surface area (Å²) in [5, 5.41) is 10.2. The Morgan fingerprint density at radius 1 is 1.17 bits per heavy atom. The highest BCUT2D eigenvalue weighted by Crippen LogP contribution is 2.46. The molecule has 1 atom stereocenters. The number of ether oxygens (including phenoxy) is 1. The van der Waals surface area contributed by atoms with Crippen LogP contribution in [0.25, 0.3) is 10.9 Å². The summed E-state index contributed by atoms with van der Waals surface area (Å²) in [7, 11) is 0. The topological polar surface area (TPSA) is 71.8 Å². The molecule has 1 fully saturated rings. The van der Waals surface area contributed by atoms with Crippen molar-refractivity contribution in [3.63, 3.8) is 0 Å². The van der Waals surface area contributed by atoms with Crippen LogP contribution in [-0.4, -0.2) is 28.7 Å². The number of carboxylic acid groups (broad SMARTS) is 1. The monoisotopic (exact) mass is 410 g/mol. The van der Waals surface area contributed by atoms with Crippen LogP contribution in [0.4, 0.5) is 5.69 Å². The zero-order chi connectivity index (χ0) is 20.1. The Morgan fingerprint density at radius 3 is 2.59 bits per heavy atom. The summed E-state index contributed by atoms with van der Waals surface area (Å²) in [6.07, 6.45) is 3.26. The predicted molar refractivity (Wildman–Crippen MR) is 111 cm³/mol. The quantitative estimate of drug-likeness (QED) is 0.704. The normalized spacial score (nSPS) is 18.1. The number of halogens is 1. The van der Waals surface area contributed by atoms with Crippen molar-refractivity contribution in [3.8, 4) is 5.75 Å². The molecular formula is C22H19ClN2O4. The van der Waals surface area contributed by atoms with E-state index in [0.717, 1.165) is 37.2 Å². The molecular weight excluding hydrogens is 392 g/mol. The van der Waals surface area contributed by atoms with Crippen molar-refractivity contribution in [1.82, 2.24) is 4.57 Å². The Balaban J connectivity index is 1.80. The van der Waals surface area contributed by atoms with Crippen LogP contribution in [0.2, 0.25) is 5.02 Å². The summed E-state index contributed by atoms with van der Waals surface area (Å²) in [6, 6.07) is 11.4. The molecule has 2 aliphatic rings. The molecule has 2 aliphatic heterocycles. The number of aromatic carboxylic acids is 1. The second-order valence-corrected chi connectivity index (χ2v) is 7.88. The summed E-state index contributed by atoms with van der Waals surface area (Å²) in [6.45, 7) is 2.15. The van der Waals surface area contributed by atoms with E-state index in [1.807, 2.05) is 34.9 Å². The van der Waals surface area contributed by atoms with Gasteiger partial charge in [-0.3, -0.25) is 4.79 Å². The van der Waals surface area contributed by atoms with Gasteiger partial charge in [0, 0.05) is 19.3 Å². The molecule has 0 spiro atoms. The van der Waals surface area contributed by atoms with Gasteiger partial charge in [0.2, 0.25) is 5.43 Å². The molecule has 0 unspecified atom stereocenters. The molecule has 5 rings (SSSR count). The highest BCUT2D eigenvalue weighted by Gasteiger charge is 2.31. The third-order valence-electron chi connectivity index (χ3n) is 5.69. The molecule has 1 N–H and O–H groups in total. The summed E-state index contributed by atoms with van der Waals surface area (Å²) >= 11 is 6.62. The SMILES string of the molecule is O=C(O)c1cn2c3c(c(N4CCCC4)c(Cl)cc3c1=O)O[C@@H](c1ccccc1)C2. The Hall–Kier alpha value is -2.99. The molecule has 7 heteroatoms. The van der Waals surface area contributed by atoms with Crippen molar-refractivity contribution in [2.24, 2.45) is 0 Å². The molecule has 3 aromatic rings. The second kappa shape index (κ2) is 6.81. The van der Waals surface area contributed by atoms with E-state index in [4.69, 9.17) is 16.3 Å². The standard InChI is InChI=1S/C22H19ClN2O4/c23-16-10-14-18-21(19(16)24-8-4-5-9-24)29-17(13-6-2-1-3-7-13)12-25(18)11-15(20(14)26)22(27)28/h1-3,6-7,10-11,17H,4-5,8-9,12H2,(H,27,28)/t17-/m1/s1. The van der Waals surface area contributed by atoms with Crippen molar-refractivity contribution < 1.29 is 14.6 Å². The number of carbonyl (C=O) groups is 1. The number of rotatable bonds is 3. The number of aromatic nitrogens is 1. The molecule has 6 nitrogen and oxygen atoms in total. The van der Waals surface area contributed by atoms with Crippen molar-refractivity contribution in [2.45, 2.75) is 25.5 Å². The first-order valence-corrected chi connectivity index (χ1v) is 10.0. The molecule has 0 radical (unpaired) electrons. The van der Waals surface area contributed by atoms with Crippen LogP contribution in [0, 0.1) is 0 Å². The van der Waals surface area contributed by atoms with Gasteiger partial charge in [-0.25, -0.2) is 4.79 Å². The van der Waals surface area contributed by atoms with Gasteiger partial charge in [-0.2, -0.15) is 0 Å². The smallest absolute Gasteiger partial charge is 0.341 e. The van der Waals surface area contributed by atoms with Crippen LogP contribution < -0.4 is 15.1 Å². The lowest BCUT2D eigenvalue weighted by molar-refractivity contribution is 0.0694. The zero-order valence-corrected chi connectivity index (χ0v) is 16.4. The minimum atomic E-state index is -1.25. The van der Waals surface area contributed by atoms with E-state index in [2.05, 4.69) is 4.90 Å². The first-order valence-electron chi connectivity index (χ1n) is 9.64. The minimum absolute atomic E-state index is 0.262. The van der Waals surface area contributed by atoms with Gasteiger partial charge in [0.25, 0.3) is 0 Å². The highest BCUT2D eigenvalue weighted by molar-refractivity contribution is 6.35. The highest BCUT2D eigenvalue weighted by atomic mass is 35.5. The van der Waals surface area contributed by atoms with Crippen LogP contribution in [-0.2, 0) is 6.54 Å². The molecule has 29 heavy (non-hydrogen) atoms. The Kier molecular flexibility index (Phi) is 4.24. The molecule has 148 valence electrons. The lowest BCUT2D eigenvalue weighted by Crippen LogP contribution is -2.28. The average molecular weight is 411 g/mol. The van der Waals surface area contributed by atoms with Crippen molar-refractivity contribution in [1.29, 1.82) is 0 Å². The fraction of sp³-hybridized carbons (Fsp3) is 0.273. The van der Waals surface area contributed by atoms with Gasteiger partial charge < -0.3 is 19.3 Å². The van der Waals surface area contributed by atoms with E-state index in [0.29, 0.717) is 22.8 Å². The second-order valence-electron chi connectivity index (χ2n) is 7.47. The number of nitrogens with zero attached hydrogens (tertiary/aromatic N) is 2. The molecule has 0 bridgehead atoms. The maximum absolute atomic E-state index is 12.8. The van der Waals surface area contributed by atoms with Crippen LogP contribution in [0.15, 0.2) is 47.4 Å². The Morgan fingerprint density at radius 2 is 1.90 bits per heavy atom. The maximum atomic E-state index is 12.8. The van der Waals surface area contributed by atoms with E-state index >= 15 is 0 Å². The number of hydrogen-bond donors (Lipinski definition) is 1. The van der Waals surface area contributed by atoms with Gasteiger partial charge in [-0.15, -0.1) is 0 Å². The number of hydrogen-bond acceptors (Lipinski definition) is 4. The largest absolute Gasteiger partial charge is 0.479 e. The van der Waals surface area contributed by atoms with Crippen molar-refractivity contribution in [3.05, 3.63) is 69.0 Å². The van der Waals surface area contributed by atoms with E-state index in [1.165, 1.54) is 6.20 Å². The van der Waals surface area contributed by atoms with Gasteiger partial charge in [0.15, 0.2) is 5.75 Å². The predicted octanol–water partition coefficient (Wildman–Crippen LogP) is 4.09. The number of benzene rings is 2. The van der Waals surface area contributed by atoms with Crippen LogP contribution in [0.3, 0.4) is 0 Å². The Bertz CT molecular complexity index is 1180. The number of carboxylic acids is 1. The van der Waals surface area contributed by atoms with Gasteiger partial charge in [-0.05, 0) is 24.5 Å². The van der Waals surface area contributed by atoms with Crippen LogP contribution in [0.5, 0.6) is 5.75 Å². The van der Waals surface area contributed by atoms with E-state index in [9.17, 15) is 14.7 Å². The van der Waals surface area contributed by atoms with Gasteiger partial charge >= 0.3 is 5.97 Å². The summed E-state index contributed by atoms with van der Waals surface area (Å²) in [4.78, 5) is 26.7. The van der Waals surface area contributed by atoms with E-state index in [1.54, 1.807) is 6.07 Å². The molecule has 0 saturated carbocycles. The lowest BCUT2D eigenvalue weighted by Gasteiger charge is -2.33. The van der Waals surface area contributed by atoms with E-state index in [-0.39, 0.29) is 17.1 Å². The lowest BCUT2D eigenvalue weighted by atomic mass is 10.0. The molecule has 0 aliphatic carbocycles. The van der Waals surface area contributed by atoms with Crippen LogP contribution >= 0.6 is 11.6 Å². The molecule has 2 aromatic carbocycles. The van der Waals surface area contributed by atoms with Crippen LogP contribution in [0.1, 0.15) is 34.9 Å². The summed E-state index contributed by atoms with van der Waals surface area (Å²) in [5.74, 6) is -0.687. The average Bonchev–Trinajstić information content (AvgIpc) is 3.24. The first kappa shape index (κ1) is 18.1. The fourth-order valence-corrected chi connectivity index (χ4v) is 4.65. The van der Waals surface area contributed by atoms with Gasteiger partial charge in [0.1, 0.15) is 17.4 Å². The van der Waals surface area contributed by atoms with Gasteiger partial charge in [-0.1, -0.05) is 41.9 Å². The first-order chi connectivity index (χ1) is 14.0. The number of pyridine rings is 1. The maximum Gasteiger partial charge on any atom is 0.341 e. The third kappa shape index (κ3) is 2.86. The van der Waals surface area contributed by atoms with Gasteiger partial charge in [0.05, 0.1) is 22.5 Å². The fourth-order valence-electron chi connectivity index (χ4n) is 4.33. The van der Waals surface area contributed by atoms with E-state index < -0.39 is 11.4 Å². The van der Waals surface area contributed by atoms with Crippen molar-refractivity contribution >= 4 is 34.2 Å².